The molecule has 0 unspecified atom stereocenters. The van der Waals surface area contributed by atoms with Gasteiger partial charge in [-0.05, 0) is 30.2 Å². The van der Waals surface area contributed by atoms with E-state index in [-0.39, 0.29) is 5.82 Å². The average molecular weight is 266 g/mol. The maximum atomic E-state index is 12.9. The lowest BCUT2D eigenvalue weighted by Gasteiger charge is -2.02. The molecule has 0 radical (unpaired) electrons. The Labute approximate surface area is 117 Å². The van der Waals surface area contributed by atoms with Crippen LogP contribution in [0.15, 0.2) is 60.9 Å². The van der Waals surface area contributed by atoms with Crippen molar-refractivity contribution < 1.29 is 4.39 Å². The third-order valence-corrected chi connectivity index (χ3v) is 3.24. The van der Waals surface area contributed by atoms with Crippen molar-refractivity contribution >= 4 is 0 Å². The van der Waals surface area contributed by atoms with E-state index >= 15 is 0 Å². The van der Waals surface area contributed by atoms with Gasteiger partial charge in [0.1, 0.15) is 5.82 Å². The van der Waals surface area contributed by atoms with Gasteiger partial charge < -0.3 is 0 Å². The minimum Gasteiger partial charge on any atom is -0.268 e. The third kappa shape index (κ3) is 2.77. The molecule has 1 aromatic heterocycles. The van der Waals surface area contributed by atoms with Crippen molar-refractivity contribution in [2.24, 2.45) is 0 Å². The highest BCUT2D eigenvalue weighted by Gasteiger charge is 2.03. The molecular weight excluding hydrogens is 251 g/mol. The van der Waals surface area contributed by atoms with Crippen LogP contribution in [0.4, 0.5) is 4.39 Å². The highest BCUT2D eigenvalue weighted by molar-refractivity contribution is 5.62. The summed E-state index contributed by atoms with van der Waals surface area (Å²) in [5.74, 6) is -0.213. The van der Waals surface area contributed by atoms with Crippen LogP contribution in [0, 0.1) is 12.7 Å². The van der Waals surface area contributed by atoms with Gasteiger partial charge in [0, 0.05) is 11.8 Å². The Balaban J connectivity index is 1.82. The van der Waals surface area contributed by atoms with Gasteiger partial charge in [-0.2, -0.15) is 5.10 Å². The summed E-state index contributed by atoms with van der Waals surface area (Å²) in [6.07, 6.45) is 3.87. The lowest BCUT2D eigenvalue weighted by molar-refractivity contribution is 0.624. The fourth-order valence-electron chi connectivity index (χ4n) is 2.20. The van der Waals surface area contributed by atoms with Crippen LogP contribution in [-0.4, -0.2) is 9.78 Å². The average Bonchev–Trinajstić information content (AvgIpc) is 2.90. The number of hydrogen-bond acceptors (Lipinski definition) is 1. The van der Waals surface area contributed by atoms with Gasteiger partial charge in [0.05, 0.1) is 12.7 Å². The molecule has 0 spiro atoms. The summed E-state index contributed by atoms with van der Waals surface area (Å²) in [6, 6.07) is 14.8. The molecule has 0 amide bonds. The summed E-state index contributed by atoms with van der Waals surface area (Å²) in [7, 11) is 0. The predicted octanol–water partition coefficient (Wildman–Crippen LogP) is 4.05. The fourth-order valence-corrected chi connectivity index (χ4v) is 2.20. The molecular formula is C17H15FN2. The largest absolute Gasteiger partial charge is 0.268 e. The normalized spacial score (nSPS) is 10.7. The zero-order valence-corrected chi connectivity index (χ0v) is 11.3. The van der Waals surface area contributed by atoms with Crippen molar-refractivity contribution in [3.8, 4) is 11.1 Å². The standard InChI is InChI=1S/C17H15FN2/c1-13-3-2-4-15(9-13)16-10-19-20(12-16)11-14-5-7-17(18)8-6-14/h2-10,12H,11H2,1H3. The van der Waals surface area contributed by atoms with E-state index in [0.29, 0.717) is 6.54 Å². The topological polar surface area (TPSA) is 17.8 Å². The smallest absolute Gasteiger partial charge is 0.123 e. The van der Waals surface area contributed by atoms with E-state index in [4.69, 9.17) is 0 Å². The molecule has 0 saturated heterocycles. The van der Waals surface area contributed by atoms with Gasteiger partial charge >= 0.3 is 0 Å². The van der Waals surface area contributed by atoms with Gasteiger partial charge in [0.2, 0.25) is 0 Å². The first kappa shape index (κ1) is 12.6. The Morgan fingerprint density at radius 2 is 1.85 bits per heavy atom. The van der Waals surface area contributed by atoms with E-state index in [9.17, 15) is 4.39 Å². The van der Waals surface area contributed by atoms with Crippen LogP contribution >= 0.6 is 0 Å². The number of rotatable bonds is 3. The van der Waals surface area contributed by atoms with Crippen LogP contribution < -0.4 is 0 Å². The van der Waals surface area contributed by atoms with Crippen LogP contribution in [-0.2, 0) is 6.54 Å². The minimum absolute atomic E-state index is 0.213. The maximum absolute atomic E-state index is 12.9. The number of hydrogen-bond donors (Lipinski definition) is 0. The third-order valence-electron chi connectivity index (χ3n) is 3.24. The quantitative estimate of drug-likeness (QED) is 0.699. The van der Waals surface area contributed by atoms with Gasteiger partial charge in [0.25, 0.3) is 0 Å². The van der Waals surface area contributed by atoms with Crippen molar-refractivity contribution in [3.63, 3.8) is 0 Å². The van der Waals surface area contributed by atoms with Gasteiger partial charge in [0.15, 0.2) is 0 Å². The van der Waals surface area contributed by atoms with Gasteiger partial charge in [-0.25, -0.2) is 4.39 Å². The second-order valence-corrected chi connectivity index (χ2v) is 4.92. The summed E-state index contributed by atoms with van der Waals surface area (Å²) in [6.45, 7) is 2.72. The van der Waals surface area contributed by atoms with Crippen LogP contribution in [0.25, 0.3) is 11.1 Å². The van der Waals surface area contributed by atoms with Gasteiger partial charge in [-0.1, -0.05) is 42.0 Å². The monoisotopic (exact) mass is 266 g/mol. The molecule has 0 aliphatic heterocycles. The van der Waals surface area contributed by atoms with Crippen molar-refractivity contribution in [1.82, 2.24) is 9.78 Å². The number of aromatic nitrogens is 2. The van der Waals surface area contributed by atoms with E-state index in [2.05, 4.69) is 30.2 Å². The Kier molecular flexibility index (Phi) is 3.33. The number of nitrogens with zero attached hydrogens (tertiary/aromatic N) is 2. The highest BCUT2D eigenvalue weighted by Crippen LogP contribution is 2.19. The van der Waals surface area contributed by atoms with Crippen LogP contribution in [0.1, 0.15) is 11.1 Å². The van der Waals surface area contributed by atoms with Crippen molar-refractivity contribution in [2.75, 3.05) is 0 Å². The number of aryl methyl sites for hydroxylation is 1. The van der Waals surface area contributed by atoms with Crippen LogP contribution in [0.5, 0.6) is 0 Å². The number of benzene rings is 2. The van der Waals surface area contributed by atoms with Crippen molar-refractivity contribution in [3.05, 3.63) is 77.9 Å². The predicted molar refractivity (Wildman–Crippen MR) is 77.9 cm³/mol. The van der Waals surface area contributed by atoms with Crippen LogP contribution in [0.3, 0.4) is 0 Å². The molecule has 3 rings (SSSR count). The fraction of sp³-hybridized carbons (Fsp3) is 0.118. The van der Waals surface area contributed by atoms with Crippen LogP contribution in [0.2, 0.25) is 0 Å². The molecule has 0 aliphatic rings. The molecule has 0 atom stereocenters. The second-order valence-electron chi connectivity index (χ2n) is 4.92. The summed E-state index contributed by atoms with van der Waals surface area (Å²) in [5, 5.41) is 4.36. The molecule has 2 aromatic carbocycles. The van der Waals surface area contributed by atoms with Crippen molar-refractivity contribution in [1.29, 1.82) is 0 Å². The number of halogens is 1. The summed E-state index contributed by atoms with van der Waals surface area (Å²) >= 11 is 0. The van der Waals surface area contributed by atoms with Gasteiger partial charge in [-0.3, -0.25) is 4.68 Å². The van der Waals surface area contributed by atoms with E-state index in [1.165, 1.54) is 17.7 Å². The Morgan fingerprint density at radius 3 is 2.60 bits per heavy atom. The summed E-state index contributed by atoms with van der Waals surface area (Å²) < 4.78 is 14.7. The Hall–Kier alpha value is -2.42. The summed E-state index contributed by atoms with van der Waals surface area (Å²) in [4.78, 5) is 0. The Morgan fingerprint density at radius 1 is 1.05 bits per heavy atom. The zero-order chi connectivity index (χ0) is 13.9. The first-order chi connectivity index (χ1) is 9.70. The first-order valence-electron chi connectivity index (χ1n) is 6.55. The van der Waals surface area contributed by atoms with Gasteiger partial charge in [-0.15, -0.1) is 0 Å². The molecule has 0 bridgehead atoms. The summed E-state index contributed by atoms with van der Waals surface area (Å²) in [5.41, 5.74) is 4.52. The zero-order valence-electron chi connectivity index (χ0n) is 11.3. The molecule has 3 aromatic rings. The molecule has 1 heterocycles. The lowest BCUT2D eigenvalue weighted by Crippen LogP contribution is -1.99. The molecule has 3 heteroatoms. The SMILES string of the molecule is Cc1cccc(-c2cnn(Cc3ccc(F)cc3)c2)c1. The second kappa shape index (κ2) is 5.29. The molecule has 0 saturated carbocycles. The lowest BCUT2D eigenvalue weighted by atomic mass is 10.1. The molecule has 0 N–H and O–H groups in total. The molecule has 0 fully saturated rings. The molecule has 0 aliphatic carbocycles. The van der Waals surface area contributed by atoms with E-state index in [1.54, 1.807) is 12.1 Å². The van der Waals surface area contributed by atoms with E-state index < -0.39 is 0 Å². The highest BCUT2D eigenvalue weighted by atomic mass is 19.1. The molecule has 100 valence electrons. The molecule has 2 nitrogen and oxygen atoms in total. The maximum Gasteiger partial charge on any atom is 0.123 e. The Bertz CT molecular complexity index is 714. The first-order valence-corrected chi connectivity index (χ1v) is 6.55. The van der Waals surface area contributed by atoms with E-state index in [0.717, 1.165) is 16.7 Å². The molecule has 20 heavy (non-hydrogen) atoms. The van der Waals surface area contributed by atoms with Crippen molar-refractivity contribution in [2.45, 2.75) is 13.5 Å². The minimum atomic E-state index is -0.213. The van der Waals surface area contributed by atoms with E-state index in [1.807, 2.05) is 23.1 Å².